The molecule has 1 aromatic heterocycles. The van der Waals surface area contributed by atoms with Crippen molar-refractivity contribution in [1.82, 2.24) is 14.8 Å². The maximum absolute atomic E-state index is 14.1. The summed E-state index contributed by atoms with van der Waals surface area (Å²) in [6.45, 7) is 5.45. The molecule has 226 valence electrons. The fraction of sp³-hybridized carbons (Fsp3) is 0.194. The van der Waals surface area contributed by atoms with E-state index in [9.17, 15) is 4.79 Å². The number of hydrazone groups is 1. The molecule has 45 heavy (non-hydrogen) atoms. The van der Waals surface area contributed by atoms with Crippen LogP contribution in [0.3, 0.4) is 0 Å². The van der Waals surface area contributed by atoms with Gasteiger partial charge in [-0.05, 0) is 54.4 Å². The van der Waals surface area contributed by atoms with Gasteiger partial charge in [0.15, 0.2) is 0 Å². The quantitative estimate of drug-likeness (QED) is 0.126. The van der Waals surface area contributed by atoms with Crippen molar-refractivity contribution in [2.75, 3.05) is 36.9 Å². The molecule has 0 aliphatic carbocycles. The highest BCUT2D eigenvalue weighted by atomic mass is 35.5. The van der Waals surface area contributed by atoms with Crippen LogP contribution < -0.4 is 5.01 Å². The number of hydrogen-bond donors (Lipinski definition) is 0. The van der Waals surface area contributed by atoms with Crippen LogP contribution in [0.4, 0.5) is 5.13 Å². The first kappa shape index (κ1) is 29.7. The summed E-state index contributed by atoms with van der Waals surface area (Å²) in [5, 5.41) is 7.69. The summed E-state index contributed by atoms with van der Waals surface area (Å²) in [6.07, 6.45) is 0. The number of halogens is 1. The number of hydrogen-bond acceptors (Lipinski definition) is 7. The minimum absolute atomic E-state index is 0.118. The molecule has 3 heterocycles. The molecule has 0 saturated carbocycles. The lowest BCUT2D eigenvalue weighted by Crippen LogP contribution is -2.47. The van der Waals surface area contributed by atoms with Gasteiger partial charge in [0.25, 0.3) is 5.91 Å². The van der Waals surface area contributed by atoms with Crippen molar-refractivity contribution in [3.63, 3.8) is 0 Å². The maximum Gasteiger partial charge on any atom is 0.284 e. The minimum atomic E-state index is -0.118. The van der Waals surface area contributed by atoms with Gasteiger partial charge in [0.2, 0.25) is 5.13 Å². The van der Waals surface area contributed by atoms with E-state index >= 15 is 0 Å². The monoisotopic (exact) mass is 649 g/mol. The fourth-order valence-corrected chi connectivity index (χ4v) is 7.91. The van der Waals surface area contributed by atoms with Crippen LogP contribution in [0.1, 0.15) is 24.1 Å². The van der Waals surface area contributed by atoms with E-state index in [-0.39, 0.29) is 11.9 Å². The summed E-state index contributed by atoms with van der Waals surface area (Å²) in [5.41, 5.74) is 5.86. The van der Waals surface area contributed by atoms with Gasteiger partial charge in [0.1, 0.15) is 0 Å². The van der Waals surface area contributed by atoms with Gasteiger partial charge in [-0.25, -0.2) is 4.98 Å². The summed E-state index contributed by atoms with van der Waals surface area (Å²) in [5.74, 6) is 0.443. The van der Waals surface area contributed by atoms with Crippen LogP contribution in [0.2, 0.25) is 5.02 Å². The molecule has 0 radical (unpaired) electrons. The Kier molecular flexibility index (Phi) is 8.72. The van der Waals surface area contributed by atoms with E-state index in [0.717, 1.165) is 52.7 Å². The summed E-state index contributed by atoms with van der Waals surface area (Å²) in [6, 6.07) is 37.3. The van der Waals surface area contributed by atoms with E-state index < -0.39 is 0 Å². The molecule has 6 nitrogen and oxygen atoms in total. The Labute approximate surface area is 276 Å². The zero-order chi connectivity index (χ0) is 30.8. The largest absolute Gasteiger partial charge is 0.372 e. The van der Waals surface area contributed by atoms with Crippen molar-refractivity contribution in [2.24, 2.45) is 5.10 Å². The van der Waals surface area contributed by atoms with E-state index in [2.05, 4.69) is 77.4 Å². The van der Waals surface area contributed by atoms with E-state index in [1.54, 1.807) is 11.8 Å². The van der Waals surface area contributed by atoms with Crippen LogP contribution in [0.25, 0.3) is 10.2 Å². The Morgan fingerprint density at radius 1 is 0.844 bits per heavy atom. The van der Waals surface area contributed by atoms with Crippen molar-refractivity contribution < 1.29 is 4.79 Å². The summed E-state index contributed by atoms with van der Waals surface area (Å²) in [4.78, 5) is 24.9. The molecule has 0 spiro atoms. The third kappa shape index (κ3) is 6.29. The summed E-state index contributed by atoms with van der Waals surface area (Å²) < 4.78 is 1.03. The molecule has 2 aliphatic heterocycles. The molecule has 4 aromatic carbocycles. The second-order valence-corrected chi connectivity index (χ2v) is 13.6. The Morgan fingerprint density at radius 3 is 2.11 bits per heavy atom. The van der Waals surface area contributed by atoms with E-state index in [1.807, 2.05) is 48.5 Å². The number of benzene rings is 4. The molecular weight excluding hydrogens is 618 g/mol. The molecule has 5 aromatic rings. The number of anilines is 1. The molecule has 7 rings (SSSR count). The van der Waals surface area contributed by atoms with Crippen LogP contribution in [0.5, 0.6) is 0 Å². The number of thioether (sulfide) groups is 1. The van der Waals surface area contributed by atoms with Crippen molar-refractivity contribution in [3.8, 4) is 0 Å². The Bertz CT molecular complexity index is 1790. The number of thiazole rings is 1. The number of allylic oxidation sites excluding steroid dienone is 1. The van der Waals surface area contributed by atoms with Gasteiger partial charge in [-0.1, -0.05) is 95.7 Å². The van der Waals surface area contributed by atoms with Gasteiger partial charge in [-0.2, -0.15) is 10.1 Å². The van der Waals surface area contributed by atoms with Crippen LogP contribution in [0, 0.1) is 0 Å². The second-order valence-electron chi connectivity index (χ2n) is 11.1. The standard InChI is InChI=1S/C36H32ClN5OS2/c1-25(40-20-22-41(23-21-40)34(26-10-4-2-5-11-26)27-12-6-3-7-13-27)33-31(24-44-29-18-16-28(37)17-19-29)39-42(35(33)43)36-38-30-14-8-9-15-32(30)45-36/h2-19,34H,20-24H2,1H3. The maximum atomic E-state index is 14.1. The zero-order valence-electron chi connectivity index (χ0n) is 24.8. The molecule has 0 unspecified atom stereocenters. The van der Waals surface area contributed by atoms with Gasteiger partial charge in [-0.15, -0.1) is 11.8 Å². The first-order chi connectivity index (χ1) is 22.0. The number of rotatable bonds is 8. The molecule has 1 amide bonds. The SMILES string of the molecule is CC(=C1C(=O)N(c2nc3ccccc3s2)N=C1CSc1ccc(Cl)cc1)N1CCN(C(c2ccccc2)c2ccccc2)CC1. The van der Waals surface area contributed by atoms with Gasteiger partial charge in [0.05, 0.1) is 27.5 Å². The van der Waals surface area contributed by atoms with Crippen LogP contribution in [0.15, 0.2) is 130 Å². The van der Waals surface area contributed by atoms with E-state index in [1.165, 1.54) is 27.5 Å². The predicted octanol–water partition coefficient (Wildman–Crippen LogP) is 8.13. The second kappa shape index (κ2) is 13.2. The number of carbonyl (C=O) groups excluding carboxylic acids is 1. The Morgan fingerprint density at radius 2 is 1.47 bits per heavy atom. The van der Waals surface area contributed by atoms with E-state index in [4.69, 9.17) is 21.7 Å². The lowest BCUT2D eigenvalue weighted by atomic mass is 9.96. The van der Waals surface area contributed by atoms with Crippen molar-refractivity contribution in [3.05, 3.63) is 137 Å². The fourth-order valence-electron chi connectivity index (χ4n) is 6.03. The van der Waals surface area contributed by atoms with Crippen molar-refractivity contribution in [1.29, 1.82) is 0 Å². The molecule has 9 heteroatoms. The van der Waals surface area contributed by atoms with Gasteiger partial charge < -0.3 is 4.90 Å². The van der Waals surface area contributed by atoms with Crippen molar-refractivity contribution in [2.45, 2.75) is 17.9 Å². The number of nitrogens with zero attached hydrogens (tertiary/aromatic N) is 5. The molecule has 0 atom stereocenters. The predicted molar refractivity (Wildman–Crippen MR) is 187 cm³/mol. The molecular formula is C36H32ClN5OS2. The smallest absolute Gasteiger partial charge is 0.284 e. The first-order valence-electron chi connectivity index (χ1n) is 15.0. The molecule has 2 aliphatic rings. The number of aromatic nitrogens is 1. The highest BCUT2D eigenvalue weighted by Gasteiger charge is 2.37. The van der Waals surface area contributed by atoms with Crippen LogP contribution >= 0.6 is 34.7 Å². The van der Waals surface area contributed by atoms with Gasteiger partial charge >= 0.3 is 0 Å². The van der Waals surface area contributed by atoms with Gasteiger partial charge in [0, 0.05) is 47.5 Å². The molecule has 0 N–H and O–H groups in total. The number of carbonyl (C=O) groups is 1. The average molecular weight is 650 g/mol. The lowest BCUT2D eigenvalue weighted by Gasteiger charge is -2.41. The number of para-hydroxylation sites is 1. The minimum Gasteiger partial charge on any atom is -0.372 e. The van der Waals surface area contributed by atoms with Crippen LogP contribution in [-0.4, -0.2) is 58.3 Å². The molecule has 1 fully saturated rings. The van der Waals surface area contributed by atoms with Crippen molar-refractivity contribution >= 4 is 61.7 Å². The van der Waals surface area contributed by atoms with E-state index in [0.29, 0.717) is 21.5 Å². The molecule has 1 saturated heterocycles. The zero-order valence-corrected chi connectivity index (χ0v) is 27.2. The average Bonchev–Trinajstić information content (AvgIpc) is 3.66. The first-order valence-corrected chi connectivity index (χ1v) is 17.2. The Balaban J connectivity index is 1.16. The number of piperazine rings is 1. The lowest BCUT2D eigenvalue weighted by molar-refractivity contribution is -0.114. The number of amides is 1. The van der Waals surface area contributed by atoms with Crippen LogP contribution in [-0.2, 0) is 4.79 Å². The molecule has 0 bridgehead atoms. The Hall–Kier alpha value is -3.95. The topological polar surface area (TPSA) is 52.0 Å². The number of fused-ring (bicyclic) bond motifs is 1. The highest BCUT2D eigenvalue weighted by Crippen LogP contribution is 2.35. The normalized spacial score (nSPS) is 17.0. The van der Waals surface area contributed by atoms with Gasteiger partial charge in [-0.3, -0.25) is 9.69 Å². The third-order valence-electron chi connectivity index (χ3n) is 8.31. The highest BCUT2D eigenvalue weighted by molar-refractivity contribution is 8.00. The third-order valence-corrected chi connectivity index (χ3v) is 10.6. The summed E-state index contributed by atoms with van der Waals surface area (Å²) >= 11 is 9.26. The summed E-state index contributed by atoms with van der Waals surface area (Å²) in [7, 11) is 0.